The highest BCUT2D eigenvalue weighted by Crippen LogP contribution is 2.21. The molecule has 0 aliphatic heterocycles. The topological polar surface area (TPSA) is 80.9 Å². The summed E-state index contributed by atoms with van der Waals surface area (Å²) in [5.41, 5.74) is 0.936. The van der Waals surface area contributed by atoms with Crippen LogP contribution in [0.1, 0.15) is 15.4 Å². The van der Waals surface area contributed by atoms with Crippen molar-refractivity contribution in [3.8, 4) is 11.4 Å². The van der Waals surface area contributed by atoms with E-state index in [4.69, 9.17) is 0 Å². The quantitative estimate of drug-likeness (QED) is 0.782. The van der Waals surface area contributed by atoms with E-state index in [9.17, 15) is 9.90 Å². The summed E-state index contributed by atoms with van der Waals surface area (Å²) in [6, 6.07) is 9.38. The number of carboxylic acid groups (broad SMARTS) is 1. The van der Waals surface area contributed by atoms with Crippen molar-refractivity contribution in [2.45, 2.75) is 13.0 Å². The van der Waals surface area contributed by atoms with Crippen molar-refractivity contribution in [2.75, 3.05) is 0 Å². The lowest BCUT2D eigenvalue weighted by atomic mass is 10.2. The van der Waals surface area contributed by atoms with E-state index in [2.05, 4.69) is 15.3 Å². The third-order valence-corrected chi connectivity index (χ3v) is 3.93. The highest BCUT2D eigenvalue weighted by molar-refractivity contribution is 7.09. The fourth-order valence-corrected chi connectivity index (χ4v) is 2.74. The summed E-state index contributed by atoms with van der Waals surface area (Å²) in [5.74, 6) is -1.10. The number of pyridine rings is 1. The minimum atomic E-state index is -1.10. The number of hydrogen-bond acceptors (Lipinski definition) is 5. The molecule has 0 saturated carbocycles. The molecular formula is C14H12N4O2S. The van der Waals surface area contributed by atoms with Gasteiger partial charge in [-0.2, -0.15) is 0 Å². The van der Waals surface area contributed by atoms with Gasteiger partial charge in [0.15, 0.2) is 5.69 Å². The Kier molecular flexibility index (Phi) is 3.74. The van der Waals surface area contributed by atoms with Crippen LogP contribution in [0.3, 0.4) is 0 Å². The van der Waals surface area contributed by atoms with Gasteiger partial charge in [0.1, 0.15) is 5.69 Å². The van der Waals surface area contributed by atoms with Gasteiger partial charge < -0.3 is 5.11 Å². The summed E-state index contributed by atoms with van der Waals surface area (Å²) in [7, 11) is 0. The lowest BCUT2D eigenvalue weighted by molar-refractivity contribution is 0.0691. The molecule has 0 atom stereocenters. The van der Waals surface area contributed by atoms with Crippen LogP contribution in [0.15, 0.2) is 41.9 Å². The van der Waals surface area contributed by atoms with E-state index in [1.54, 1.807) is 34.3 Å². The zero-order chi connectivity index (χ0) is 14.7. The van der Waals surface area contributed by atoms with Gasteiger partial charge in [0.05, 0.1) is 5.69 Å². The number of aryl methyl sites for hydroxylation is 2. The lowest BCUT2D eigenvalue weighted by Gasteiger charge is -2.05. The second-order valence-electron chi connectivity index (χ2n) is 4.36. The third-order valence-electron chi connectivity index (χ3n) is 3.00. The molecule has 0 fully saturated rings. The average Bonchev–Trinajstić information content (AvgIpc) is 3.15. The smallest absolute Gasteiger partial charge is 0.358 e. The van der Waals surface area contributed by atoms with Crippen LogP contribution in [-0.2, 0) is 13.0 Å². The van der Waals surface area contributed by atoms with Crippen molar-refractivity contribution in [1.82, 2.24) is 20.0 Å². The van der Waals surface area contributed by atoms with E-state index < -0.39 is 5.97 Å². The van der Waals surface area contributed by atoms with Crippen molar-refractivity contribution in [3.05, 3.63) is 52.5 Å². The van der Waals surface area contributed by atoms with E-state index in [0.29, 0.717) is 17.9 Å². The summed E-state index contributed by atoms with van der Waals surface area (Å²) in [6.07, 6.45) is 2.40. The number of aromatic nitrogens is 4. The standard InChI is InChI=1S/C14H12N4O2S/c19-14(20)12-13(11-5-1-2-7-15-11)18(17-16-12)8-6-10-4-3-9-21-10/h1-5,7,9H,6,8H2,(H,19,20). The van der Waals surface area contributed by atoms with E-state index >= 15 is 0 Å². The monoisotopic (exact) mass is 300 g/mol. The molecule has 0 radical (unpaired) electrons. The predicted octanol–water partition coefficient (Wildman–Crippen LogP) is 2.34. The number of hydrogen-bond donors (Lipinski definition) is 1. The Hall–Kier alpha value is -2.54. The summed E-state index contributed by atoms with van der Waals surface area (Å²) >= 11 is 1.66. The van der Waals surface area contributed by atoms with Crippen LogP contribution >= 0.6 is 11.3 Å². The van der Waals surface area contributed by atoms with Crippen LogP contribution in [0.4, 0.5) is 0 Å². The summed E-state index contributed by atoms with van der Waals surface area (Å²) in [6.45, 7) is 0.562. The van der Waals surface area contributed by atoms with Crippen LogP contribution in [0.2, 0.25) is 0 Å². The Morgan fingerprint density at radius 1 is 1.29 bits per heavy atom. The number of carbonyl (C=O) groups is 1. The maximum absolute atomic E-state index is 11.3. The van der Waals surface area contributed by atoms with Crippen molar-refractivity contribution in [1.29, 1.82) is 0 Å². The van der Waals surface area contributed by atoms with Gasteiger partial charge in [0.25, 0.3) is 0 Å². The molecule has 106 valence electrons. The summed E-state index contributed by atoms with van der Waals surface area (Å²) < 4.78 is 1.60. The molecular weight excluding hydrogens is 288 g/mol. The molecule has 3 rings (SSSR count). The minimum Gasteiger partial charge on any atom is -0.476 e. The van der Waals surface area contributed by atoms with Crippen molar-refractivity contribution in [3.63, 3.8) is 0 Å². The van der Waals surface area contributed by atoms with E-state index in [0.717, 1.165) is 6.42 Å². The fourth-order valence-electron chi connectivity index (χ4n) is 2.04. The van der Waals surface area contributed by atoms with Crippen LogP contribution < -0.4 is 0 Å². The summed E-state index contributed by atoms with van der Waals surface area (Å²) in [5, 5.41) is 19.0. The first kappa shape index (κ1) is 13.4. The lowest BCUT2D eigenvalue weighted by Crippen LogP contribution is -2.07. The SMILES string of the molecule is O=C(O)c1nnn(CCc2cccs2)c1-c1ccccn1. The van der Waals surface area contributed by atoms with Gasteiger partial charge in [-0.1, -0.05) is 17.3 Å². The molecule has 0 unspecified atom stereocenters. The van der Waals surface area contributed by atoms with Gasteiger partial charge in [-0.25, -0.2) is 9.48 Å². The molecule has 0 aromatic carbocycles. The van der Waals surface area contributed by atoms with Crippen LogP contribution in [0.25, 0.3) is 11.4 Å². The number of thiophene rings is 1. The van der Waals surface area contributed by atoms with Gasteiger partial charge in [0, 0.05) is 24.0 Å². The Morgan fingerprint density at radius 3 is 2.86 bits per heavy atom. The normalized spacial score (nSPS) is 10.7. The molecule has 0 amide bonds. The maximum Gasteiger partial charge on any atom is 0.358 e. The number of rotatable bonds is 5. The Balaban J connectivity index is 1.95. The molecule has 21 heavy (non-hydrogen) atoms. The fraction of sp³-hybridized carbons (Fsp3) is 0.143. The minimum absolute atomic E-state index is 0.0696. The Morgan fingerprint density at radius 2 is 2.19 bits per heavy atom. The van der Waals surface area contributed by atoms with Gasteiger partial charge in [-0.3, -0.25) is 4.98 Å². The molecule has 0 aliphatic rings. The second kappa shape index (κ2) is 5.84. The van der Waals surface area contributed by atoms with Crippen LogP contribution in [-0.4, -0.2) is 31.1 Å². The highest BCUT2D eigenvalue weighted by atomic mass is 32.1. The van der Waals surface area contributed by atoms with Crippen molar-refractivity contribution < 1.29 is 9.90 Å². The largest absolute Gasteiger partial charge is 0.476 e. The average molecular weight is 300 g/mol. The second-order valence-corrected chi connectivity index (χ2v) is 5.39. The van der Waals surface area contributed by atoms with E-state index in [1.807, 2.05) is 23.6 Å². The Labute approximate surface area is 124 Å². The van der Waals surface area contributed by atoms with E-state index in [-0.39, 0.29) is 5.69 Å². The van der Waals surface area contributed by atoms with Gasteiger partial charge in [0.2, 0.25) is 0 Å². The molecule has 0 spiro atoms. The molecule has 1 N–H and O–H groups in total. The van der Waals surface area contributed by atoms with Crippen LogP contribution in [0.5, 0.6) is 0 Å². The molecule has 3 aromatic rings. The molecule has 0 aliphatic carbocycles. The first-order valence-electron chi connectivity index (χ1n) is 6.36. The molecule has 0 saturated heterocycles. The molecule has 7 heteroatoms. The first-order chi connectivity index (χ1) is 10.3. The maximum atomic E-state index is 11.3. The van der Waals surface area contributed by atoms with Crippen LogP contribution in [0, 0.1) is 0 Å². The number of aromatic carboxylic acids is 1. The molecule has 6 nitrogen and oxygen atoms in total. The zero-order valence-corrected chi connectivity index (χ0v) is 11.8. The van der Waals surface area contributed by atoms with Crippen molar-refractivity contribution >= 4 is 17.3 Å². The van der Waals surface area contributed by atoms with Crippen molar-refractivity contribution in [2.24, 2.45) is 0 Å². The third kappa shape index (κ3) is 2.82. The zero-order valence-electron chi connectivity index (χ0n) is 11.0. The molecule has 3 aromatic heterocycles. The predicted molar refractivity (Wildman–Crippen MR) is 78.2 cm³/mol. The highest BCUT2D eigenvalue weighted by Gasteiger charge is 2.21. The first-order valence-corrected chi connectivity index (χ1v) is 7.24. The van der Waals surface area contributed by atoms with Gasteiger partial charge in [-0.15, -0.1) is 16.4 Å². The summed E-state index contributed by atoms with van der Waals surface area (Å²) in [4.78, 5) is 16.7. The molecule has 0 bridgehead atoms. The Bertz CT molecular complexity index is 738. The molecule has 3 heterocycles. The van der Waals surface area contributed by atoms with Gasteiger partial charge >= 0.3 is 5.97 Å². The van der Waals surface area contributed by atoms with E-state index in [1.165, 1.54) is 4.88 Å². The number of carboxylic acids is 1. The number of nitrogens with zero attached hydrogens (tertiary/aromatic N) is 4. The van der Waals surface area contributed by atoms with Gasteiger partial charge in [-0.05, 0) is 23.6 Å².